The zero-order valence-corrected chi connectivity index (χ0v) is 14.9. The van der Waals surface area contributed by atoms with Crippen LogP contribution in [0.3, 0.4) is 0 Å². The standard InChI is InChI=1S/C19H18F2N2O5/c1-2-25-15-9-5-6-12(17(15)28-19(20)21)10-22-23-18(24)16-11-26-13-7-3-4-8-14(13)27-16/h3-10,16,19H,2,11H2,1H3,(H,23,24)/b22-10-/t16-/m0/s1. The molecule has 0 fully saturated rings. The van der Waals surface area contributed by atoms with Crippen molar-refractivity contribution in [1.82, 2.24) is 5.43 Å². The van der Waals surface area contributed by atoms with E-state index in [0.717, 1.165) is 0 Å². The molecule has 7 nitrogen and oxygen atoms in total. The fourth-order valence-electron chi connectivity index (χ4n) is 2.51. The third-order valence-corrected chi connectivity index (χ3v) is 3.70. The highest BCUT2D eigenvalue weighted by molar-refractivity contribution is 5.87. The molecule has 28 heavy (non-hydrogen) atoms. The average molecular weight is 392 g/mol. The van der Waals surface area contributed by atoms with Gasteiger partial charge in [-0.2, -0.15) is 13.9 Å². The SMILES string of the molecule is CCOc1cccc(/C=N\NC(=O)[C@@H]2COc3ccccc3O2)c1OC(F)F. The van der Waals surface area contributed by atoms with E-state index in [4.69, 9.17) is 14.2 Å². The summed E-state index contributed by atoms with van der Waals surface area (Å²) in [6.45, 7) is -1.01. The molecule has 1 amide bonds. The predicted molar refractivity (Wildman–Crippen MR) is 96.3 cm³/mol. The lowest BCUT2D eigenvalue weighted by Crippen LogP contribution is -2.42. The number of benzene rings is 2. The minimum absolute atomic E-state index is 0.0257. The van der Waals surface area contributed by atoms with Crippen LogP contribution in [0.1, 0.15) is 12.5 Å². The number of rotatable bonds is 7. The fraction of sp³-hybridized carbons (Fsp3) is 0.263. The maximum Gasteiger partial charge on any atom is 0.387 e. The number of carbonyl (C=O) groups excluding carboxylic acids is 1. The van der Waals surface area contributed by atoms with Gasteiger partial charge in [0.1, 0.15) is 6.61 Å². The van der Waals surface area contributed by atoms with E-state index in [2.05, 4.69) is 15.3 Å². The molecular weight excluding hydrogens is 374 g/mol. The molecule has 0 aromatic heterocycles. The van der Waals surface area contributed by atoms with Gasteiger partial charge >= 0.3 is 6.61 Å². The summed E-state index contributed by atoms with van der Waals surface area (Å²) in [6.07, 6.45) is 0.300. The van der Waals surface area contributed by atoms with Crippen LogP contribution < -0.4 is 24.4 Å². The summed E-state index contributed by atoms with van der Waals surface area (Å²) < 4.78 is 46.3. The van der Waals surface area contributed by atoms with Gasteiger partial charge in [-0.05, 0) is 31.2 Å². The second-order valence-electron chi connectivity index (χ2n) is 5.58. The summed E-state index contributed by atoms with van der Waals surface area (Å²) in [5.74, 6) is 0.455. The molecule has 0 saturated carbocycles. The van der Waals surface area contributed by atoms with Crippen molar-refractivity contribution in [1.29, 1.82) is 0 Å². The van der Waals surface area contributed by atoms with Crippen LogP contribution in [0.2, 0.25) is 0 Å². The minimum atomic E-state index is -3.03. The molecule has 0 saturated heterocycles. The first-order valence-corrected chi connectivity index (χ1v) is 8.50. The van der Waals surface area contributed by atoms with Crippen molar-refractivity contribution in [2.24, 2.45) is 5.10 Å². The molecule has 2 aromatic rings. The number of carbonyl (C=O) groups is 1. The lowest BCUT2D eigenvalue weighted by molar-refractivity contribution is -0.130. The van der Waals surface area contributed by atoms with Crippen LogP contribution in [0, 0.1) is 0 Å². The molecule has 0 unspecified atom stereocenters. The second-order valence-corrected chi connectivity index (χ2v) is 5.58. The quantitative estimate of drug-likeness (QED) is 0.579. The highest BCUT2D eigenvalue weighted by atomic mass is 19.3. The molecule has 1 atom stereocenters. The Morgan fingerprint density at radius 2 is 2.07 bits per heavy atom. The zero-order valence-electron chi connectivity index (χ0n) is 14.9. The molecule has 3 rings (SSSR count). The summed E-state index contributed by atoms with van der Waals surface area (Å²) in [7, 11) is 0. The van der Waals surface area contributed by atoms with E-state index in [0.29, 0.717) is 11.5 Å². The second kappa shape index (κ2) is 9.03. The summed E-state index contributed by atoms with van der Waals surface area (Å²) >= 11 is 0. The first kappa shape index (κ1) is 19.4. The number of hydrogen-bond acceptors (Lipinski definition) is 6. The lowest BCUT2D eigenvalue weighted by atomic mass is 10.2. The zero-order chi connectivity index (χ0) is 19.9. The first-order valence-electron chi connectivity index (χ1n) is 8.50. The van der Waals surface area contributed by atoms with Gasteiger partial charge in [0.2, 0.25) is 6.10 Å². The summed E-state index contributed by atoms with van der Waals surface area (Å²) in [4.78, 5) is 12.2. The van der Waals surface area contributed by atoms with E-state index in [1.807, 2.05) is 0 Å². The Balaban J connectivity index is 1.67. The van der Waals surface area contributed by atoms with E-state index in [9.17, 15) is 13.6 Å². The van der Waals surface area contributed by atoms with Crippen molar-refractivity contribution in [3.8, 4) is 23.0 Å². The van der Waals surface area contributed by atoms with E-state index in [-0.39, 0.29) is 30.3 Å². The molecule has 1 aliphatic heterocycles. The van der Waals surface area contributed by atoms with Crippen LogP contribution in [0.15, 0.2) is 47.6 Å². The van der Waals surface area contributed by atoms with Gasteiger partial charge in [-0.1, -0.05) is 18.2 Å². The van der Waals surface area contributed by atoms with Crippen molar-refractivity contribution < 1.29 is 32.5 Å². The Hall–Kier alpha value is -3.36. The Bertz CT molecular complexity index is 860. The smallest absolute Gasteiger partial charge is 0.387 e. The van der Waals surface area contributed by atoms with E-state index < -0.39 is 18.6 Å². The summed E-state index contributed by atoms with van der Waals surface area (Å²) in [5.41, 5.74) is 2.53. The average Bonchev–Trinajstić information content (AvgIpc) is 2.69. The van der Waals surface area contributed by atoms with Crippen molar-refractivity contribution in [3.63, 3.8) is 0 Å². The number of nitrogens with one attached hydrogen (secondary N) is 1. The first-order chi connectivity index (χ1) is 13.6. The third kappa shape index (κ3) is 4.67. The Morgan fingerprint density at radius 1 is 1.29 bits per heavy atom. The van der Waals surface area contributed by atoms with Gasteiger partial charge in [-0.15, -0.1) is 0 Å². The summed E-state index contributed by atoms with van der Waals surface area (Å²) in [5, 5.41) is 3.80. The maximum absolute atomic E-state index is 12.7. The lowest BCUT2D eigenvalue weighted by Gasteiger charge is -2.24. The third-order valence-electron chi connectivity index (χ3n) is 3.70. The van der Waals surface area contributed by atoms with Crippen molar-refractivity contribution in [2.45, 2.75) is 19.6 Å². The van der Waals surface area contributed by atoms with Gasteiger partial charge in [0.05, 0.1) is 12.8 Å². The van der Waals surface area contributed by atoms with Gasteiger partial charge in [-0.3, -0.25) is 4.79 Å². The van der Waals surface area contributed by atoms with Crippen molar-refractivity contribution >= 4 is 12.1 Å². The molecule has 1 aliphatic rings. The largest absolute Gasteiger partial charge is 0.490 e. The molecule has 9 heteroatoms. The van der Waals surface area contributed by atoms with E-state index in [1.54, 1.807) is 37.3 Å². The van der Waals surface area contributed by atoms with Gasteiger partial charge in [0, 0.05) is 5.56 Å². The normalized spacial score (nSPS) is 15.5. The van der Waals surface area contributed by atoms with Gasteiger partial charge in [0.15, 0.2) is 23.0 Å². The summed E-state index contributed by atoms with van der Waals surface area (Å²) in [6, 6.07) is 11.6. The molecule has 2 aromatic carbocycles. The molecule has 1 heterocycles. The topological polar surface area (TPSA) is 78.4 Å². The van der Waals surface area contributed by atoms with Crippen LogP contribution in [-0.4, -0.2) is 38.1 Å². The molecular formula is C19H18F2N2O5. The number of hydrazone groups is 1. The maximum atomic E-state index is 12.7. The number of nitrogens with zero attached hydrogens (tertiary/aromatic N) is 1. The number of fused-ring (bicyclic) bond motifs is 1. The predicted octanol–water partition coefficient (Wildman–Crippen LogP) is 2.98. The fourth-order valence-corrected chi connectivity index (χ4v) is 2.51. The molecule has 0 bridgehead atoms. The molecule has 0 spiro atoms. The number of hydrogen-bond donors (Lipinski definition) is 1. The Kier molecular flexibility index (Phi) is 6.25. The number of amides is 1. The number of para-hydroxylation sites is 3. The molecule has 1 N–H and O–H groups in total. The molecule has 148 valence electrons. The van der Waals surface area contributed by atoms with E-state index in [1.165, 1.54) is 18.3 Å². The highest BCUT2D eigenvalue weighted by Crippen LogP contribution is 2.32. The van der Waals surface area contributed by atoms with Crippen LogP contribution in [-0.2, 0) is 4.79 Å². The Morgan fingerprint density at radius 3 is 2.82 bits per heavy atom. The van der Waals surface area contributed by atoms with Crippen LogP contribution in [0.4, 0.5) is 8.78 Å². The van der Waals surface area contributed by atoms with Gasteiger partial charge < -0.3 is 18.9 Å². The van der Waals surface area contributed by atoms with Gasteiger partial charge in [0.25, 0.3) is 5.91 Å². The number of alkyl halides is 2. The molecule has 0 aliphatic carbocycles. The monoisotopic (exact) mass is 392 g/mol. The van der Waals surface area contributed by atoms with Crippen molar-refractivity contribution in [3.05, 3.63) is 48.0 Å². The highest BCUT2D eigenvalue weighted by Gasteiger charge is 2.27. The van der Waals surface area contributed by atoms with Crippen LogP contribution in [0.5, 0.6) is 23.0 Å². The van der Waals surface area contributed by atoms with Gasteiger partial charge in [-0.25, -0.2) is 5.43 Å². The van der Waals surface area contributed by atoms with E-state index >= 15 is 0 Å². The van der Waals surface area contributed by atoms with Crippen LogP contribution in [0.25, 0.3) is 0 Å². The van der Waals surface area contributed by atoms with Crippen LogP contribution >= 0.6 is 0 Å². The van der Waals surface area contributed by atoms with Crippen molar-refractivity contribution in [2.75, 3.05) is 13.2 Å². The number of halogens is 2. The number of ether oxygens (including phenoxy) is 4. The molecule has 0 radical (unpaired) electrons. The minimum Gasteiger partial charge on any atom is -0.490 e. The Labute approximate surface area is 159 Å².